The van der Waals surface area contributed by atoms with Gasteiger partial charge in [-0.3, -0.25) is 4.79 Å². The van der Waals surface area contributed by atoms with E-state index in [1.165, 1.54) is 0 Å². The average Bonchev–Trinajstić information content (AvgIpc) is 3.00. The van der Waals surface area contributed by atoms with Gasteiger partial charge in [-0.05, 0) is 18.9 Å². The van der Waals surface area contributed by atoms with Crippen molar-refractivity contribution >= 4 is 11.9 Å². The van der Waals surface area contributed by atoms with E-state index in [1.807, 2.05) is 11.0 Å². The number of amides is 1. The third kappa shape index (κ3) is 2.16. The second kappa shape index (κ2) is 5.13. The molecule has 0 unspecified atom stereocenters. The van der Waals surface area contributed by atoms with E-state index >= 15 is 0 Å². The average molecular weight is 262 g/mol. The molecule has 2 aliphatic heterocycles. The van der Waals surface area contributed by atoms with E-state index in [-0.39, 0.29) is 18.6 Å². The van der Waals surface area contributed by atoms with Crippen LogP contribution in [0.3, 0.4) is 0 Å². The zero-order valence-electron chi connectivity index (χ0n) is 11.0. The number of carbonyl (C=O) groups is 1. The molecule has 6 heteroatoms. The van der Waals surface area contributed by atoms with Crippen LogP contribution in [0.2, 0.25) is 0 Å². The Morgan fingerprint density at radius 3 is 2.79 bits per heavy atom. The first-order chi connectivity index (χ1) is 9.31. The van der Waals surface area contributed by atoms with Crippen LogP contribution in [0.5, 0.6) is 0 Å². The van der Waals surface area contributed by atoms with Crippen molar-refractivity contribution in [2.24, 2.45) is 0 Å². The molecule has 2 atom stereocenters. The molecule has 0 spiro atoms. The molecule has 2 fully saturated rings. The summed E-state index contributed by atoms with van der Waals surface area (Å²) in [5, 5.41) is 0. The molecule has 0 saturated carbocycles. The van der Waals surface area contributed by atoms with Crippen LogP contribution >= 0.6 is 0 Å². The lowest BCUT2D eigenvalue weighted by atomic mass is 10.1. The van der Waals surface area contributed by atoms with Gasteiger partial charge in [0, 0.05) is 32.6 Å². The van der Waals surface area contributed by atoms with Gasteiger partial charge in [0.1, 0.15) is 6.61 Å². The molecule has 102 valence electrons. The Bertz CT molecular complexity index is 453. The summed E-state index contributed by atoms with van der Waals surface area (Å²) in [5.41, 5.74) is 0. The molecule has 19 heavy (non-hydrogen) atoms. The Hall–Kier alpha value is -1.69. The van der Waals surface area contributed by atoms with E-state index in [2.05, 4.69) is 14.9 Å². The van der Waals surface area contributed by atoms with Crippen LogP contribution in [0.15, 0.2) is 18.5 Å². The Balaban J connectivity index is 1.74. The van der Waals surface area contributed by atoms with Crippen molar-refractivity contribution in [3.05, 3.63) is 18.5 Å². The van der Waals surface area contributed by atoms with Gasteiger partial charge in [-0.15, -0.1) is 0 Å². The SMILES string of the molecule is COCC(=O)N1CC[C@@H]2[C@@H]1CCN2c1ncccn1. The van der Waals surface area contributed by atoms with E-state index in [0.717, 1.165) is 31.9 Å². The number of hydrogen-bond acceptors (Lipinski definition) is 5. The highest BCUT2D eigenvalue weighted by Crippen LogP contribution is 2.33. The van der Waals surface area contributed by atoms with Crippen molar-refractivity contribution in [3.63, 3.8) is 0 Å². The maximum absolute atomic E-state index is 12.0. The fraction of sp³-hybridized carbons (Fsp3) is 0.615. The first-order valence-electron chi connectivity index (χ1n) is 6.63. The first kappa shape index (κ1) is 12.3. The van der Waals surface area contributed by atoms with Crippen molar-refractivity contribution < 1.29 is 9.53 Å². The second-order valence-electron chi connectivity index (χ2n) is 4.97. The summed E-state index contributed by atoms with van der Waals surface area (Å²) in [5.74, 6) is 0.863. The molecule has 2 saturated heterocycles. The van der Waals surface area contributed by atoms with Crippen LogP contribution in [0.4, 0.5) is 5.95 Å². The molecule has 0 aromatic carbocycles. The molecular weight excluding hydrogens is 244 g/mol. The van der Waals surface area contributed by atoms with E-state index in [1.54, 1.807) is 19.5 Å². The molecule has 1 aromatic rings. The number of likely N-dealkylation sites (tertiary alicyclic amines) is 1. The molecule has 6 nitrogen and oxygen atoms in total. The number of fused-ring (bicyclic) bond motifs is 1. The number of nitrogens with zero attached hydrogens (tertiary/aromatic N) is 4. The standard InChI is InChI=1S/C13H18N4O2/c1-19-9-12(18)16-7-3-11-10(16)4-8-17(11)13-14-5-2-6-15-13/h2,5-6,10-11H,3-4,7-9H2,1H3/t10-,11+/m0/s1. The Morgan fingerprint density at radius 2 is 2.05 bits per heavy atom. The minimum atomic E-state index is 0.0887. The largest absolute Gasteiger partial charge is 0.375 e. The maximum atomic E-state index is 12.0. The van der Waals surface area contributed by atoms with Crippen molar-refractivity contribution in [1.29, 1.82) is 0 Å². The summed E-state index contributed by atoms with van der Waals surface area (Å²) in [6.45, 7) is 1.89. The highest BCUT2D eigenvalue weighted by atomic mass is 16.5. The van der Waals surface area contributed by atoms with Gasteiger partial charge >= 0.3 is 0 Å². The van der Waals surface area contributed by atoms with Crippen molar-refractivity contribution in [1.82, 2.24) is 14.9 Å². The van der Waals surface area contributed by atoms with Crippen LogP contribution in [0, 0.1) is 0 Å². The summed E-state index contributed by atoms with van der Waals surface area (Å²) in [7, 11) is 1.56. The number of methoxy groups -OCH3 is 1. The van der Waals surface area contributed by atoms with E-state index in [4.69, 9.17) is 4.74 Å². The van der Waals surface area contributed by atoms with Crippen LogP contribution < -0.4 is 4.90 Å². The van der Waals surface area contributed by atoms with Gasteiger partial charge in [-0.25, -0.2) is 9.97 Å². The number of ether oxygens (including phenoxy) is 1. The highest BCUT2D eigenvalue weighted by molar-refractivity contribution is 5.78. The fourth-order valence-electron chi connectivity index (χ4n) is 3.19. The zero-order chi connectivity index (χ0) is 13.2. The van der Waals surface area contributed by atoms with Crippen molar-refractivity contribution in [2.75, 3.05) is 31.7 Å². The lowest BCUT2D eigenvalue weighted by Gasteiger charge is -2.25. The van der Waals surface area contributed by atoms with Gasteiger partial charge in [0.05, 0.1) is 12.1 Å². The molecule has 3 rings (SSSR count). The van der Waals surface area contributed by atoms with E-state index in [0.29, 0.717) is 6.04 Å². The third-order valence-corrected chi connectivity index (χ3v) is 3.97. The minimum Gasteiger partial charge on any atom is -0.375 e. The summed E-state index contributed by atoms with van der Waals surface area (Å²) in [6.07, 6.45) is 5.49. The first-order valence-corrected chi connectivity index (χ1v) is 6.63. The van der Waals surface area contributed by atoms with Gasteiger partial charge in [0.2, 0.25) is 11.9 Å². The summed E-state index contributed by atoms with van der Waals surface area (Å²) < 4.78 is 4.95. The lowest BCUT2D eigenvalue weighted by molar-refractivity contribution is -0.135. The van der Waals surface area contributed by atoms with Gasteiger partial charge in [-0.2, -0.15) is 0 Å². The second-order valence-corrected chi connectivity index (χ2v) is 4.97. The maximum Gasteiger partial charge on any atom is 0.248 e. The molecule has 2 aliphatic rings. The molecule has 0 aliphatic carbocycles. The van der Waals surface area contributed by atoms with E-state index in [9.17, 15) is 4.79 Å². The Morgan fingerprint density at radius 1 is 1.32 bits per heavy atom. The normalized spacial score (nSPS) is 25.7. The number of anilines is 1. The molecular formula is C13H18N4O2. The van der Waals surface area contributed by atoms with Crippen LogP contribution in [-0.2, 0) is 9.53 Å². The zero-order valence-corrected chi connectivity index (χ0v) is 11.0. The predicted octanol–water partition coefficient (Wildman–Crippen LogP) is 0.303. The van der Waals surface area contributed by atoms with Crippen LogP contribution in [0.25, 0.3) is 0 Å². The summed E-state index contributed by atoms with van der Waals surface area (Å²) >= 11 is 0. The fourth-order valence-corrected chi connectivity index (χ4v) is 3.19. The van der Waals surface area contributed by atoms with Gasteiger partial charge in [0.15, 0.2) is 0 Å². The van der Waals surface area contributed by atoms with Crippen LogP contribution in [-0.4, -0.2) is 59.7 Å². The van der Waals surface area contributed by atoms with Crippen molar-refractivity contribution in [3.8, 4) is 0 Å². The Kier molecular flexibility index (Phi) is 3.33. The Labute approximate surface area is 112 Å². The monoisotopic (exact) mass is 262 g/mol. The molecule has 1 aromatic heterocycles. The smallest absolute Gasteiger partial charge is 0.248 e. The molecule has 0 bridgehead atoms. The number of carbonyl (C=O) groups excluding carboxylic acids is 1. The summed E-state index contributed by atoms with van der Waals surface area (Å²) in [4.78, 5) is 24.8. The van der Waals surface area contributed by atoms with Gasteiger partial charge in [0.25, 0.3) is 0 Å². The third-order valence-electron chi connectivity index (χ3n) is 3.97. The van der Waals surface area contributed by atoms with Crippen LogP contribution in [0.1, 0.15) is 12.8 Å². The molecule has 1 amide bonds. The molecule has 0 radical (unpaired) electrons. The molecule has 3 heterocycles. The van der Waals surface area contributed by atoms with Gasteiger partial charge in [-0.1, -0.05) is 0 Å². The number of hydrogen-bond donors (Lipinski definition) is 0. The quantitative estimate of drug-likeness (QED) is 0.784. The lowest BCUT2D eigenvalue weighted by Crippen LogP contribution is -2.41. The highest BCUT2D eigenvalue weighted by Gasteiger charge is 2.44. The predicted molar refractivity (Wildman–Crippen MR) is 69.8 cm³/mol. The topological polar surface area (TPSA) is 58.6 Å². The number of rotatable bonds is 3. The van der Waals surface area contributed by atoms with E-state index < -0.39 is 0 Å². The van der Waals surface area contributed by atoms with Gasteiger partial charge < -0.3 is 14.5 Å². The van der Waals surface area contributed by atoms with Crippen molar-refractivity contribution in [2.45, 2.75) is 24.9 Å². The molecule has 0 N–H and O–H groups in total. The minimum absolute atomic E-state index is 0.0887. The summed E-state index contributed by atoms with van der Waals surface area (Å²) in [6, 6.07) is 2.45. The number of aromatic nitrogens is 2.